The van der Waals surface area contributed by atoms with E-state index in [1.54, 1.807) is 33.8 Å². The number of alkyl halides is 2. The summed E-state index contributed by atoms with van der Waals surface area (Å²) in [4.78, 5) is 64.8. The molecule has 3 heterocycles. The molecule has 3 aliphatic rings. The van der Waals surface area contributed by atoms with Crippen LogP contribution in [0.5, 0.6) is 5.88 Å². The number of nitrogens with zero attached hydrogens (tertiary/aromatic N) is 3. The van der Waals surface area contributed by atoms with E-state index in [2.05, 4.69) is 9.97 Å². The Labute approximate surface area is 273 Å². The van der Waals surface area contributed by atoms with Crippen molar-refractivity contribution < 1.29 is 42.2 Å². The van der Waals surface area contributed by atoms with E-state index in [4.69, 9.17) is 14.2 Å². The lowest BCUT2D eigenvalue weighted by atomic mass is 9.90. The summed E-state index contributed by atoms with van der Waals surface area (Å²) in [6.45, 7) is 6.94. The highest BCUT2D eigenvalue weighted by Gasteiger charge is 2.64. The van der Waals surface area contributed by atoms with Crippen LogP contribution in [0.25, 0.3) is 11.0 Å². The summed E-state index contributed by atoms with van der Waals surface area (Å²) in [5.74, 6) is -6.32. The van der Waals surface area contributed by atoms with Gasteiger partial charge < -0.3 is 19.1 Å². The zero-order chi connectivity index (χ0) is 34.0. The molecule has 256 valence electrons. The summed E-state index contributed by atoms with van der Waals surface area (Å²) in [5.41, 5.74) is -0.817. The maximum Gasteiger partial charge on any atom is 0.312 e. The first kappa shape index (κ1) is 34.6. The number of para-hydroxylation sites is 2. The molecule has 5 atom stereocenters. The smallest absolute Gasteiger partial charge is 0.312 e. The van der Waals surface area contributed by atoms with Crippen molar-refractivity contribution >= 4 is 34.7 Å². The summed E-state index contributed by atoms with van der Waals surface area (Å²) in [7, 11) is 0. The molecule has 3 fully saturated rings. The number of ether oxygens (including phenoxy) is 3. The third-order valence-corrected chi connectivity index (χ3v) is 9.36. The average Bonchev–Trinajstić information content (AvgIpc) is 3.48. The zero-order valence-corrected chi connectivity index (χ0v) is 27.6. The van der Waals surface area contributed by atoms with Gasteiger partial charge in [0.1, 0.15) is 11.7 Å². The molecule has 5 rings (SSSR count). The van der Waals surface area contributed by atoms with Crippen LogP contribution in [-0.2, 0) is 28.7 Å². The standard InChI is InChI=1S/C35H45F2N3O7/c1-5-45-32(44)34-17-23(34)18-35(36,37)14-10-6-7-11-22(15-30(42)47-33(2,3)4)31(43)40-21-24(16-27(40)28(41)19-34)46-29-20-38-25-12-8-9-13-26(25)39-29/h8-9,12-13,20,22-24,27H,5-7,10-11,14-19,21H2,1-4H3/t22-,23+,24-,27+,34-/m1/s1. The maximum absolute atomic E-state index is 15.1. The SMILES string of the molecule is CCOC(=O)[C@]12CC(=O)[C@@H]3C[C@@H](Oc4cnc5ccccc5n4)CN3C(=O)[C@@H](CC(=O)OC(C)(C)C)CCCCCC(F)(F)C[C@@H]1C2. The van der Waals surface area contributed by atoms with Crippen LogP contribution in [0.4, 0.5) is 8.78 Å². The zero-order valence-electron chi connectivity index (χ0n) is 27.6. The summed E-state index contributed by atoms with van der Waals surface area (Å²) in [6.07, 6.45) is 1.10. The van der Waals surface area contributed by atoms with E-state index in [-0.39, 0.29) is 64.0 Å². The van der Waals surface area contributed by atoms with Gasteiger partial charge in [-0.05, 0) is 65.0 Å². The molecule has 47 heavy (non-hydrogen) atoms. The number of benzene rings is 1. The Hall–Kier alpha value is -3.70. The summed E-state index contributed by atoms with van der Waals surface area (Å²) in [5, 5.41) is 0. The quantitative estimate of drug-likeness (QED) is 0.352. The Morgan fingerprint density at radius 3 is 2.53 bits per heavy atom. The van der Waals surface area contributed by atoms with Crippen LogP contribution in [0.3, 0.4) is 0 Å². The normalized spacial score (nSPS) is 28.4. The van der Waals surface area contributed by atoms with Crippen molar-refractivity contribution in [2.24, 2.45) is 17.3 Å². The van der Waals surface area contributed by atoms with Crippen LogP contribution >= 0.6 is 0 Å². The number of ketones is 1. The average molecular weight is 658 g/mol. The van der Waals surface area contributed by atoms with E-state index in [0.29, 0.717) is 23.9 Å². The van der Waals surface area contributed by atoms with Crippen molar-refractivity contribution in [2.45, 2.75) is 116 Å². The molecule has 0 radical (unpaired) electrons. The molecule has 2 saturated heterocycles. The van der Waals surface area contributed by atoms with Crippen molar-refractivity contribution in [2.75, 3.05) is 13.2 Å². The molecular weight excluding hydrogens is 612 g/mol. The van der Waals surface area contributed by atoms with Crippen molar-refractivity contribution in [3.05, 3.63) is 30.5 Å². The van der Waals surface area contributed by atoms with Gasteiger partial charge in [-0.25, -0.2) is 18.7 Å². The monoisotopic (exact) mass is 657 g/mol. The first-order valence-electron chi connectivity index (χ1n) is 16.7. The molecule has 1 aliphatic carbocycles. The highest BCUT2D eigenvalue weighted by atomic mass is 19.3. The van der Waals surface area contributed by atoms with Crippen LogP contribution in [-0.4, -0.2) is 75.3 Å². The van der Waals surface area contributed by atoms with Gasteiger partial charge in [0.2, 0.25) is 17.7 Å². The number of aromatic nitrogens is 2. The summed E-state index contributed by atoms with van der Waals surface area (Å²) < 4.78 is 47.2. The number of rotatable bonds is 6. The Balaban J connectivity index is 1.45. The number of hydrogen-bond donors (Lipinski definition) is 0. The van der Waals surface area contributed by atoms with E-state index in [9.17, 15) is 19.2 Å². The predicted octanol–water partition coefficient (Wildman–Crippen LogP) is 5.84. The van der Waals surface area contributed by atoms with E-state index in [1.807, 2.05) is 18.2 Å². The van der Waals surface area contributed by atoms with Gasteiger partial charge in [0.15, 0.2) is 5.78 Å². The minimum absolute atomic E-state index is 0.0441. The second-order valence-corrected chi connectivity index (χ2v) is 14.2. The summed E-state index contributed by atoms with van der Waals surface area (Å²) in [6, 6.07) is 6.31. The first-order valence-corrected chi connectivity index (χ1v) is 16.7. The topological polar surface area (TPSA) is 125 Å². The number of esters is 2. The van der Waals surface area contributed by atoms with Gasteiger partial charge in [0, 0.05) is 31.6 Å². The molecule has 1 amide bonds. The first-order chi connectivity index (χ1) is 22.2. The van der Waals surface area contributed by atoms with Gasteiger partial charge in [-0.3, -0.25) is 19.2 Å². The Morgan fingerprint density at radius 1 is 1.06 bits per heavy atom. The molecule has 0 N–H and O–H groups in total. The third kappa shape index (κ3) is 8.43. The molecule has 2 aliphatic heterocycles. The molecule has 2 aromatic rings. The molecule has 0 unspecified atom stereocenters. The third-order valence-electron chi connectivity index (χ3n) is 9.36. The van der Waals surface area contributed by atoms with Crippen LogP contribution in [0.1, 0.15) is 91.9 Å². The molecule has 1 aromatic heterocycles. The van der Waals surface area contributed by atoms with E-state index >= 15 is 8.78 Å². The fourth-order valence-corrected chi connectivity index (χ4v) is 7.04. The van der Waals surface area contributed by atoms with Gasteiger partial charge >= 0.3 is 11.9 Å². The second-order valence-electron chi connectivity index (χ2n) is 14.2. The molecule has 1 saturated carbocycles. The lowest BCUT2D eigenvalue weighted by Crippen LogP contribution is -2.45. The largest absolute Gasteiger partial charge is 0.471 e. The lowest BCUT2D eigenvalue weighted by molar-refractivity contribution is -0.159. The number of Topliss-reactive ketones (excluding diaryl/α,β-unsaturated/α-hetero) is 1. The Morgan fingerprint density at radius 2 is 1.81 bits per heavy atom. The van der Waals surface area contributed by atoms with Crippen molar-refractivity contribution in [3.8, 4) is 5.88 Å². The fourth-order valence-electron chi connectivity index (χ4n) is 7.04. The molecular formula is C35H45F2N3O7. The molecule has 10 nitrogen and oxygen atoms in total. The van der Waals surface area contributed by atoms with Gasteiger partial charge in [0.05, 0.1) is 48.3 Å². The van der Waals surface area contributed by atoms with Gasteiger partial charge in [-0.15, -0.1) is 0 Å². The van der Waals surface area contributed by atoms with E-state index in [1.165, 1.54) is 11.1 Å². The number of carbonyl (C=O) groups excluding carboxylic acids is 4. The van der Waals surface area contributed by atoms with Crippen molar-refractivity contribution in [1.29, 1.82) is 0 Å². The number of halogens is 2. The van der Waals surface area contributed by atoms with Crippen molar-refractivity contribution in [3.63, 3.8) is 0 Å². The highest BCUT2D eigenvalue weighted by molar-refractivity contribution is 5.95. The number of carbonyl (C=O) groups is 4. The number of hydrogen-bond acceptors (Lipinski definition) is 9. The van der Waals surface area contributed by atoms with E-state index < -0.39 is 71.0 Å². The molecule has 0 bridgehead atoms. The molecule has 0 spiro atoms. The predicted molar refractivity (Wildman–Crippen MR) is 167 cm³/mol. The van der Waals surface area contributed by atoms with Gasteiger partial charge in [0.25, 0.3) is 0 Å². The summed E-state index contributed by atoms with van der Waals surface area (Å²) >= 11 is 0. The van der Waals surface area contributed by atoms with Crippen LogP contribution in [0.15, 0.2) is 30.5 Å². The highest BCUT2D eigenvalue weighted by Crippen LogP contribution is 2.60. The Bertz CT molecular complexity index is 1500. The van der Waals surface area contributed by atoms with Crippen LogP contribution in [0, 0.1) is 17.3 Å². The molecule has 12 heteroatoms. The fraction of sp³-hybridized carbons (Fsp3) is 0.657. The number of fused-ring (bicyclic) bond motifs is 3. The minimum Gasteiger partial charge on any atom is -0.471 e. The maximum atomic E-state index is 15.1. The van der Waals surface area contributed by atoms with Crippen LogP contribution < -0.4 is 4.74 Å². The minimum atomic E-state index is -3.01. The second kappa shape index (κ2) is 13.8. The van der Waals surface area contributed by atoms with E-state index in [0.717, 1.165) is 0 Å². The van der Waals surface area contributed by atoms with Crippen LogP contribution in [0.2, 0.25) is 0 Å². The van der Waals surface area contributed by atoms with Gasteiger partial charge in [-0.2, -0.15) is 0 Å². The lowest BCUT2D eigenvalue weighted by Gasteiger charge is -2.29. The van der Waals surface area contributed by atoms with Crippen molar-refractivity contribution in [1.82, 2.24) is 14.9 Å². The molecule has 1 aromatic carbocycles. The number of amides is 1. The van der Waals surface area contributed by atoms with Gasteiger partial charge in [-0.1, -0.05) is 25.0 Å². The Kier molecular flexibility index (Phi) is 10.2.